The lowest BCUT2D eigenvalue weighted by atomic mass is 10.1. The highest BCUT2D eigenvalue weighted by Crippen LogP contribution is 2.26. The van der Waals surface area contributed by atoms with Crippen LogP contribution >= 0.6 is 15.9 Å². The summed E-state index contributed by atoms with van der Waals surface area (Å²) in [6.45, 7) is 7.24. The first-order valence-corrected chi connectivity index (χ1v) is 13.0. The summed E-state index contributed by atoms with van der Waals surface area (Å²) in [5, 5.41) is 2.93. The fourth-order valence-corrected chi connectivity index (χ4v) is 6.06. The summed E-state index contributed by atoms with van der Waals surface area (Å²) in [6, 6.07) is 20.4. The lowest BCUT2D eigenvalue weighted by Crippen LogP contribution is -2.41. The quantitative estimate of drug-likeness (QED) is 0.423. The highest BCUT2D eigenvalue weighted by molar-refractivity contribution is 9.10. The fraction of sp³-hybridized carbons (Fsp3) is 0.269. The maximum atomic E-state index is 13.8. The molecule has 0 bridgehead atoms. The minimum absolute atomic E-state index is 0.107. The minimum atomic E-state index is -3.91. The Balaban J connectivity index is 1.90. The van der Waals surface area contributed by atoms with Crippen molar-refractivity contribution in [2.45, 2.75) is 45.2 Å². The summed E-state index contributed by atoms with van der Waals surface area (Å²) in [4.78, 5) is 13.2. The van der Waals surface area contributed by atoms with Crippen LogP contribution in [0.5, 0.6) is 0 Å². The second-order valence-corrected chi connectivity index (χ2v) is 11.1. The van der Waals surface area contributed by atoms with Gasteiger partial charge in [0.1, 0.15) is 0 Å². The second kappa shape index (κ2) is 10.6. The van der Waals surface area contributed by atoms with E-state index in [0.29, 0.717) is 11.1 Å². The van der Waals surface area contributed by atoms with Crippen LogP contribution in [0.4, 0.5) is 0 Å². The monoisotopic (exact) mass is 528 g/mol. The molecule has 7 heteroatoms. The van der Waals surface area contributed by atoms with Crippen LogP contribution in [0.25, 0.3) is 0 Å². The van der Waals surface area contributed by atoms with Gasteiger partial charge >= 0.3 is 0 Å². The van der Waals surface area contributed by atoms with E-state index in [2.05, 4.69) is 21.2 Å². The molecular weight excluding hydrogens is 500 g/mol. The van der Waals surface area contributed by atoms with E-state index in [1.54, 1.807) is 13.8 Å². The van der Waals surface area contributed by atoms with E-state index in [1.165, 1.54) is 4.31 Å². The van der Waals surface area contributed by atoms with Gasteiger partial charge in [0.25, 0.3) is 0 Å². The molecule has 1 N–H and O–H groups in total. The van der Waals surface area contributed by atoms with Gasteiger partial charge in [-0.05, 0) is 62.1 Å². The van der Waals surface area contributed by atoms with Crippen molar-refractivity contribution in [2.24, 2.45) is 0 Å². The SMILES string of the molecule is Cc1cc(C)c(S(=O)(=O)N(CC(=O)NC(C)c2ccc(Br)cc2)Cc2ccccc2)c(C)c1. The van der Waals surface area contributed by atoms with Crippen molar-refractivity contribution in [3.8, 4) is 0 Å². The van der Waals surface area contributed by atoms with Gasteiger partial charge in [0.2, 0.25) is 15.9 Å². The van der Waals surface area contributed by atoms with E-state index in [0.717, 1.165) is 21.2 Å². The fourth-order valence-electron chi connectivity index (χ4n) is 4.00. The number of hydrogen-bond acceptors (Lipinski definition) is 3. The minimum Gasteiger partial charge on any atom is -0.348 e. The maximum absolute atomic E-state index is 13.8. The Bertz CT molecular complexity index is 1200. The van der Waals surface area contributed by atoms with Gasteiger partial charge in [-0.15, -0.1) is 0 Å². The number of aryl methyl sites for hydroxylation is 3. The summed E-state index contributed by atoms with van der Waals surface area (Å²) in [5.41, 5.74) is 4.11. The Labute approximate surface area is 205 Å². The predicted octanol–water partition coefficient (Wildman–Crippen LogP) is 5.44. The first-order valence-electron chi connectivity index (χ1n) is 10.7. The summed E-state index contributed by atoms with van der Waals surface area (Å²) >= 11 is 3.41. The van der Waals surface area contributed by atoms with Gasteiger partial charge < -0.3 is 5.32 Å². The molecule has 1 atom stereocenters. The average Bonchev–Trinajstić information content (AvgIpc) is 2.73. The molecule has 0 aromatic heterocycles. The molecule has 5 nitrogen and oxygen atoms in total. The highest BCUT2D eigenvalue weighted by atomic mass is 79.9. The number of sulfonamides is 1. The van der Waals surface area contributed by atoms with Gasteiger partial charge in [0.15, 0.2) is 0 Å². The molecule has 0 fully saturated rings. The number of hydrogen-bond donors (Lipinski definition) is 1. The van der Waals surface area contributed by atoms with Crippen molar-refractivity contribution in [2.75, 3.05) is 6.54 Å². The number of carbonyl (C=O) groups excluding carboxylic acids is 1. The number of benzene rings is 3. The molecule has 0 aliphatic carbocycles. The lowest BCUT2D eigenvalue weighted by Gasteiger charge is -2.25. The van der Waals surface area contributed by atoms with Crippen molar-refractivity contribution in [3.63, 3.8) is 0 Å². The molecule has 0 saturated carbocycles. The Morgan fingerprint density at radius 3 is 2.12 bits per heavy atom. The Morgan fingerprint density at radius 2 is 1.55 bits per heavy atom. The van der Waals surface area contributed by atoms with Crippen LogP contribution in [-0.4, -0.2) is 25.2 Å². The Morgan fingerprint density at radius 1 is 0.970 bits per heavy atom. The number of halogens is 1. The average molecular weight is 530 g/mol. The summed E-state index contributed by atoms with van der Waals surface area (Å²) in [5.74, 6) is -0.354. The van der Waals surface area contributed by atoms with Crippen LogP contribution in [0, 0.1) is 20.8 Å². The van der Waals surface area contributed by atoms with Gasteiger partial charge in [-0.2, -0.15) is 4.31 Å². The van der Waals surface area contributed by atoms with Crippen LogP contribution in [-0.2, 0) is 21.4 Å². The lowest BCUT2D eigenvalue weighted by molar-refractivity contribution is -0.122. The first kappa shape index (κ1) is 25.1. The maximum Gasteiger partial charge on any atom is 0.244 e. The standard InChI is InChI=1S/C26H29BrN2O3S/c1-18-14-19(2)26(20(3)15-18)33(31,32)29(16-22-8-6-5-7-9-22)17-25(30)28-21(4)23-10-12-24(27)13-11-23/h5-15,21H,16-17H2,1-4H3,(H,28,30). The van der Waals surface area contributed by atoms with E-state index in [-0.39, 0.29) is 29.9 Å². The largest absolute Gasteiger partial charge is 0.348 e. The molecule has 174 valence electrons. The molecule has 33 heavy (non-hydrogen) atoms. The van der Waals surface area contributed by atoms with Crippen molar-refractivity contribution >= 4 is 31.9 Å². The van der Waals surface area contributed by atoms with Crippen molar-refractivity contribution < 1.29 is 13.2 Å². The molecule has 0 spiro atoms. The number of nitrogens with one attached hydrogen (secondary N) is 1. The van der Waals surface area contributed by atoms with Crippen LogP contribution in [0.1, 0.15) is 40.8 Å². The van der Waals surface area contributed by atoms with Gasteiger partial charge in [0, 0.05) is 11.0 Å². The van der Waals surface area contributed by atoms with Crippen LogP contribution in [0.2, 0.25) is 0 Å². The number of amides is 1. The van der Waals surface area contributed by atoms with Crippen molar-refractivity contribution in [1.82, 2.24) is 9.62 Å². The summed E-state index contributed by atoms with van der Waals surface area (Å²) in [6.07, 6.45) is 0. The molecule has 1 amide bonds. The molecule has 3 aromatic carbocycles. The third-order valence-corrected chi connectivity index (χ3v) is 8.10. The van der Waals surface area contributed by atoms with E-state index in [9.17, 15) is 13.2 Å². The Hall–Kier alpha value is -2.48. The molecular formula is C26H29BrN2O3S. The zero-order chi connectivity index (χ0) is 24.2. The van der Waals surface area contributed by atoms with Crippen LogP contribution in [0.15, 0.2) is 76.1 Å². The second-order valence-electron chi connectivity index (χ2n) is 8.33. The van der Waals surface area contributed by atoms with E-state index < -0.39 is 10.0 Å². The molecule has 0 saturated heterocycles. The van der Waals surface area contributed by atoms with Crippen LogP contribution in [0.3, 0.4) is 0 Å². The molecule has 0 aliphatic heterocycles. The number of nitrogens with zero attached hydrogens (tertiary/aromatic N) is 1. The molecule has 3 aromatic rings. The van der Waals surface area contributed by atoms with E-state index in [1.807, 2.05) is 80.6 Å². The third-order valence-electron chi connectivity index (χ3n) is 5.47. The number of carbonyl (C=O) groups is 1. The van der Waals surface area contributed by atoms with E-state index in [4.69, 9.17) is 0 Å². The molecule has 1 unspecified atom stereocenters. The van der Waals surface area contributed by atoms with Gasteiger partial charge in [-0.1, -0.05) is 76.1 Å². The molecule has 0 heterocycles. The zero-order valence-corrected chi connectivity index (χ0v) is 21.7. The zero-order valence-electron chi connectivity index (χ0n) is 19.3. The van der Waals surface area contributed by atoms with E-state index >= 15 is 0 Å². The number of rotatable bonds is 8. The highest BCUT2D eigenvalue weighted by Gasteiger charge is 2.30. The summed E-state index contributed by atoms with van der Waals surface area (Å²) < 4.78 is 29.7. The third kappa shape index (κ3) is 6.31. The normalized spacial score (nSPS) is 12.5. The van der Waals surface area contributed by atoms with Gasteiger partial charge in [0.05, 0.1) is 17.5 Å². The smallest absolute Gasteiger partial charge is 0.244 e. The molecule has 3 rings (SSSR count). The summed E-state index contributed by atoms with van der Waals surface area (Å²) in [7, 11) is -3.91. The Kier molecular flexibility index (Phi) is 8.10. The van der Waals surface area contributed by atoms with Gasteiger partial charge in [-0.3, -0.25) is 4.79 Å². The van der Waals surface area contributed by atoms with Gasteiger partial charge in [-0.25, -0.2) is 8.42 Å². The van der Waals surface area contributed by atoms with Crippen molar-refractivity contribution in [1.29, 1.82) is 0 Å². The molecule has 0 radical (unpaired) electrons. The van der Waals surface area contributed by atoms with Crippen LogP contribution < -0.4 is 5.32 Å². The van der Waals surface area contributed by atoms with Crippen molar-refractivity contribution in [3.05, 3.63) is 99.0 Å². The first-order chi connectivity index (χ1) is 15.6. The molecule has 0 aliphatic rings. The predicted molar refractivity (Wildman–Crippen MR) is 135 cm³/mol. The topological polar surface area (TPSA) is 66.5 Å².